The zero-order valence-electron chi connectivity index (χ0n) is 10.2. The molecule has 0 aliphatic carbocycles. The first-order chi connectivity index (χ1) is 7.57. The van der Waals surface area contributed by atoms with Crippen molar-refractivity contribution in [3.05, 3.63) is 0 Å². The number of hydrogen-bond donors (Lipinski definition) is 3. The second-order valence-corrected chi connectivity index (χ2v) is 3.89. The first kappa shape index (κ1) is 14.9. The Kier molecular flexibility index (Phi) is 8.52. The van der Waals surface area contributed by atoms with E-state index in [2.05, 4.69) is 10.6 Å². The van der Waals surface area contributed by atoms with E-state index < -0.39 is 0 Å². The minimum atomic E-state index is -0.270. The molecule has 0 aliphatic heterocycles. The van der Waals surface area contributed by atoms with Crippen molar-refractivity contribution in [2.45, 2.75) is 45.6 Å². The van der Waals surface area contributed by atoms with Gasteiger partial charge in [-0.2, -0.15) is 0 Å². The number of hydrogen-bond acceptors (Lipinski definition) is 3. The van der Waals surface area contributed by atoms with Crippen molar-refractivity contribution in [2.75, 3.05) is 13.1 Å². The molecule has 0 aromatic carbocycles. The Morgan fingerprint density at radius 2 is 1.94 bits per heavy atom. The standard InChI is InChI=1S/C11H23N3O2/c1-3-7-14-11(16)9(2)13-8-5-4-6-10(12)15/h9,13H,3-8H2,1-2H3,(H2,12,15)(H,14,16). The van der Waals surface area contributed by atoms with Crippen molar-refractivity contribution in [2.24, 2.45) is 5.73 Å². The lowest BCUT2D eigenvalue weighted by molar-refractivity contribution is -0.122. The van der Waals surface area contributed by atoms with E-state index in [0.717, 1.165) is 25.8 Å². The topological polar surface area (TPSA) is 84.2 Å². The van der Waals surface area contributed by atoms with Crippen molar-refractivity contribution >= 4 is 11.8 Å². The van der Waals surface area contributed by atoms with Crippen LogP contribution in [0.5, 0.6) is 0 Å². The summed E-state index contributed by atoms with van der Waals surface area (Å²) in [5, 5.41) is 5.92. The zero-order valence-corrected chi connectivity index (χ0v) is 10.2. The van der Waals surface area contributed by atoms with Crippen LogP contribution in [0.25, 0.3) is 0 Å². The molecular formula is C11H23N3O2. The average molecular weight is 229 g/mol. The van der Waals surface area contributed by atoms with Crippen molar-refractivity contribution < 1.29 is 9.59 Å². The third-order valence-corrected chi connectivity index (χ3v) is 2.24. The number of nitrogens with one attached hydrogen (secondary N) is 2. The SMILES string of the molecule is CCCNC(=O)C(C)NCCCCC(N)=O. The highest BCUT2D eigenvalue weighted by molar-refractivity contribution is 5.81. The Morgan fingerprint density at radius 3 is 2.50 bits per heavy atom. The van der Waals surface area contributed by atoms with Crippen LogP contribution in [0.15, 0.2) is 0 Å². The molecule has 5 heteroatoms. The number of primary amides is 1. The maximum Gasteiger partial charge on any atom is 0.236 e. The van der Waals surface area contributed by atoms with Crippen LogP contribution < -0.4 is 16.4 Å². The van der Waals surface area contributed by atoms with E-state index in [1.807, 2.05) is 13.8 Å². The summed E-state index contributed by atoms with van der Waals surface area (Å²) in [5.74, 6) is -0.245. The van der Waals surface area contributed by atoms with Gasteiger partial charge in [-0.1, -0.05) is 6.92 Å². The maximum absolute atomic E-state index is 11.4. The van der Waals surface area contributed by atoms with E-state index in [-0.39, 0.29) is 17.9 Å². The molecule has 0 spiro atoms. The summed E-state index contributed by atoms with van der Waals surface area (Å²) < 4.78 is 0. The van der Waals surface area contributed by atoms with Crippen LogP contribution in [0.3, 0.4) is 0 Å². The van der Waals surface area contributed by atoms with Gasteiger partial charge in [0.2, 0.25) is 11.8 Å². The number of amides is 2. The molecule has 0 saturated heterocycles. The van der Waals surface area contributed by atoms with Gasteiger partial charge in [-0.25, -0.2) is 0 Å². The van der Waals surface area contributed by atoms with Gasteiger partial charge in [-0.05, 0) is 32.7 Å². The first-order valence-corrected chi connectivity index (χ1v) is 5.87. The second kappa shape index (κ2) is 9.15. The van der Waals surface area contributed by atoms with E-state index in [0.29, 0.717) is 13.0 Å². The molecule has 0 bridgehead atoms. The van der Waals surface area contributed by atoms with Crippen molar-refractivity contribution in [3.63, 3.8) is 0 Å². The van der Waals surface area contributed by atoms with Gasteiger partial charge in [-0.3, -0.25) is 9.59 Å². The van der Waals surface area contributed by atoms with Gasteiger partial charge in [0, 0.05) is 13.0 Å². The molecule has 2 amide bonds. The fourth-order valence-corrected chi connectivity index (χ4v) is 1.24. The Bertz CT molecular complexity index is 219. The molecule has 0 aromatic heterocycles. The molecule has 0 fully saturated rings. The lowest BCUT2D eigenvalue weighted by atomic mass is 10.2. The Morgan fingerprint density at radius 1 is 1.25 bits per heavy atom. The average Bonchev–Trinajstić information content (AvgIpc) is 2.24. The molecule has 0 aromatic rings. The summed E-state index contributed by atoms with van der Waals surface area (Å²) in [4.78, 5) is 21.9. The summed E-state index contributed by atoms with van der Waals surface area (Å²) in [6, 6.07) is -0.180. The number of nitrogens with two attached hydrogens (primary N) is 1. The van der Waals surface area contributed by atoms with Crippen LogP contribution in [-0.2, 0) is 9.59 Å². The lowest BCUT2D eigenvalue weighted by Crippen LogP contribution is -2.42. The van der Waals surface area contributed by atoms with Crippen LogP contribution in [0.4, 0.5) is 0 Å². The van der Waals surface area contributed by atoms with Gasteiger partial charge >= 0.3 is 0 Å². The van der Waals surface area contributed by atoms with Crippen LogP contribution >= 0.6 is 0 Å². The van der Waals surface area contributed by atoms with Crippen molar-refractivity contribution in [1.82, 2.24) is 10.6 Å². The lowest BCUT2D eigenvalue weighted by Gasteiger charge is -2.13. The largest absolute Gasteiger partial charge is 0.370 e. The number of carbonyl (C=O) groups is 2. The summed E-state index contributed by atoms with van der Waals surface area (Å²) in [6.45, 7) is 5.29. The molecule has 1 atom stereocenters. The normalized spacial score (nSPS) is 12.1. The highest BCUT2D eigenvalue weighted by Gasteiger charge is 2.10. The molecule has 0 heterocycles. The molecule has 4 N–H and O–H groups in total. The fraction of sp³-hybridized carbons (Fsp3) is 0.818. The fourth-order valence-electron chi connectivity index (χ4n) is 1.24. The highest BCUT2D eigenvalue weighted by Crippen LogP contribution is 1.93. The molecule has 1 unspecified atom stereocenters. The Balaban J connectivity index is 3.45. The van der Waals surface area contributed by atoms with Crippen LogP contribution in [0.2, 0.25) is 0 Å². The number of carbonyl (C=O) groups excluding carboxylic acids is 2. The molecule has 0 saturated carbocycles. The van der Waals surface area contributed by atoms with E-state index in [1.165, 1.54) is 0 Å². The van der Waals surface area contributed by atoms with Gasteiger partial charge < -0.3 is 16.4 Å². The summed E-state index contributed by atoms with van der Waals surface area (Å²) in [7, 11) is 0. The van der Waals surface area contributed by atoms with Gasteiger partial charge in [-0.15, -0.1) is 0 Å². The van der Waals surface area contributed by atoms with Crippen LogP contribution in [-0.4, -0.2) is 30.9 Å². The Hall–Kier alpha value is -1.10. The molecule has 0 rings (SSSR count). The van der Waals surface area contributed by atoms with E-state index in [9.17, 15) is 9.59 Å². The third kappa shape index (κ3) is 8.23. The maximum atomic E-state index is 11.4. The highest BCUT2D eigenvalue weighted by atomic mass is 16.2. The molecular weight excluding hydrogens is 206 g/mol. The summed E-state index contributed by atoms with van der Waals surface area (Å²) in [5.41, 5.74) is 5.01. The minimum Gasteiger partial charge on any atom is -0.370 e. The number of rotatable bonds is 9. The predicted molar refractivity (Wildman–Crippen MR) is 63.8 cm³/mol. The van der Waals surface area contributed by atoms with Gasteiger partial charge in [0.15, 0.2) is 0 Å². The van der Waals surface area contributed by atoms with Crippen molar-refractivity contribution in [3.8, 4) is 0 Å². The molecule has 94 valence electrons. The van der Waals surface area contributed by atoms with Crippen LogP contribution in [0, 0.1) is 0 Å². The monoisotopic (exact) mass is 229 g/mol. The van der Waals surface area contributed by atoms with Gasteiger partial charge in [0.25, 0.3) is 0 Å². The smallest absolute Gasteiger partial charge is 0.236 e. The van der Waals surface area contributed by atoms with E-state index in [4.69, 9.17) is 5.73 Å². The molecule has 0 radical (unpaired) electrons. The van der Waals surface area contributed by atoms with E-state index in [1.54, 1.807) is 0 Å². The molecule has 16 heavy (non-hydrogen) atoms. The number of unbranched alkanes of at least 4 members (excludes halogenated alkanes) is 1. The second-order valence-electron chi connectivity index (χ2n) is 3.89. The first-order valence-electron chi connectivity index (χ1n) is 5.87. The summed E-state index contributed by atoms with van der Waals surface area (Å²) >= 11 is 0. The predicted octanol–water partition coefficient (Wildman–Crippen LogP) is 0.146. The Labute approximate surface area is 97.2 Å². The van der Waals surface area contributed by atoms with Gasteiger partial charge in [0.05, 0.1) is 6.04 Å². The third-order valence-electron chi connectivity index (χ3n) is 2.24. The van der Waals surface area contributed by atoms with E-state index >= 15 is 0 Å². The molecule has 5 nitrogen and oxygen atoms in total. The zero-order chi connectivity index (χ0) is 12.4. The molecule has 0 aliphatic rings. The van der Waals surface area contributed by atoms with Crippen LogP contribution in [0.1, 0.15) is 39.5 Å². The van der Waals surface area contributed by atoms with Crippen molar-refractivity contribution in [1.29, 1.82) is 0 Å². The minimum absolute atomic E-state index is 0.0248. The quantitative estimate of drug-likeness (QED) is 0.492. The summed E-state index contributed by atoms with van der Waals surface area (Å²) in [6.07, 6.45) is 2.98. The van der Waals surface area contributed by atoms with Gasteiger partial charge in [0.1, 0.15) is 0 Å².